The molecule has 2 atom stereocenters. The molecule has 1 unspecified atom stereocenters. The van der Waals surface area contributed by atoms with E-state index in [1.54, 1.807) is 27.7 Å². The third kappa shape index (κ3) is 5.88. The maximum atomic E-state index is 11.7. The number of aliphatic hydroxyl groups is 4. The molecule has 0 spiro atoms. The second-order valence-corrected chi connectivity index (χ2v) is 6.68. The molecule has 0 saturated carbocycles. The molecule has 2 amide bonds. The Bertz CT molecular complexity index is 348. The van der Waals surface area contributed by atoms with Crippen molar-refractivity contribution in [2.24, 2.45) is 10.8 Å². The lowest BCUT2D eigenvalue weighted by molar-refractivity contribution is -0.138. The predicted molar refractivity (Wildman–Crippen MR) is 79.8 cm³/mol. The standard InChI is InChI=1S/C14H28N2O6/c1-13(2,7-17)9(19)11(21)15-5-6-16-12(22)10(20)14(3,4)8-18/h9-10,17-20H,5-8H2,1-4H3,(H,15,21)(H,16,22)/t9-,10?/m0/s1. The summed E-state index contributed by atoms with van der Waals surface area (Å²) in [5.74, 6) is -1.30. The van der Waals surface area contributed by atoms with Crippen LogP contribution in [0.15, 0.2) is 0 Å². The number of rotatable bonds is 9. The molecular formula is C14H28N2O6. The van der Waals surface area contributed by atoms with E-state index in [1.807, 2.05) is 0 Å². The van der Waals surface area contributed by atoms with E-state index in [9.17, 15) is 19.8 Å². The van der Waals surface area contributed by atoms with Crippen LogP contribution in [-0.2, 0) is 9.59 Å². The van der Waals surface area contributed by atoms with Gasteiger partial charge < -0.3 is 31.1 Å². The van der Waals surface area contributed by atoms with Crippen LogP contribution in [0.4, 0.5) is 0 Å². The Balaban J connectivity index is 4.19. The van der Waals surface area contributed by atoms with Crippen molar-refractivity contribution < 1.29 is 30.0 Å². The summed E-state index contributed by atoms with van der Waals surface area (Å²) in [4.78, 5) is 23.3. The van der Waals surface area contributed by atoms with Crippen molar-refractivity contribution in [2.75, 3.05) is 26.3 Å². The first-order valence-corrected chi connectivity index (χ1v) is 7.13. The van der Waals surface area contributed by atoms with Crippen LogP contribution in [0, 0.1) is 10.8 Å². The molecule has 0 aromatic rings. The zero-order chi connectivity index (χ0) is 17.6. The average Bonchev–Trinajstić information content (AvgIpc) is 2.49. The Kier molecular flexibility index (Phi) is 7.96. The summed E-state index contributed by atoms with van der Waals surface area (Å²) in [5.41, 5.74) is -1.93. The lowest BCUT2D eigenvalue weighted by Crippen LogP contribution is -2.49. The van der Waals surface area contributed by atoms with E-state index < -0.39 is 34.9 Å². The second-order valence-electron chi connectivity index (χ2n) is 6.68. The summed E-state index contributed by atoms with van der Waals surface area (Å²) < 4.78 is 0. The Labute approximate surface area is 130 Å². The number of aliphatic hydroxyl groups excluding tert-OH is 4. The highest BCUT2D eigenvalue weighted by atomic mass is 16.3. The lowest BCUT2D eigenvalue weighted by Gasteiger charge is -2.28. The quantitative estimate of drug-likeness (QED) is 0.271. The van der Waals surface area contributed by atoms with Gasteiger partial charge in [-0.05, 0) is 0 Å². The fourth-order valence-electron chi connectivity index (χ4n) is 1.45. The molecule has 22 heavy (non-hydrogen) atoms. The van der Waals surface area contributed by atoms with Crippen molar-refractivity contribution in [3.63, 3.8) is 0 Å². The number of hydrogen-bond acceptors (Lipinski definition) is 6. The third-order valence-corrected chi connectivity index (χ3v) is 3.52. The summed E-state index contributed by atoms with van der Waals surface area (Å²) in [7, 11) is 0. The highest BCUT2D eigenvalue weighted by Crippen LogP contribution is 2.20. The molecule has 0 aromatic carbocycles. The van der Waals surface area contributed by atoms with E-state index in [4.69, 9.17) is 10.2 Å². The van der Waals surface area contributed by atoms with Gasteiger partial charge in [0.25, 0.3) is 0 Å². The number of carbonyl (C=O) groups excluding carboxylic acids is 2. The molecule has 8 nitrogen and oxygen atoms in total. The van der Waals surface area contributed by atoms with E-state index in [1.165, 1.54) is 0 Å². The van der Waals surface area contributed by atoms with Gasteiger partial charge in [0.15, 0.2) is 0 Å². The van der Waals surface area contributed by atoms with Crippen LogP contribution >= 0.6 is 0 Å². The molecule has 0 aliphatic carbocycles. The van der Waals surface area contributed by atoms with E-state index in [-0.39, 0.29) is 26.3 Å². The molecule has 0 heterocycles. The molecule has 0 rings (SSSR count). The van der Waals surface area contributed by atoms with Gasteiger partial charge in [0.1, 0.15) is 12.2 Å². The Morgan fingerprint density at radius 3 is 1.32 bits per heavy atom. The minimum atomic E-state index is -1.37. The van der Waals surface area contributed by atoms with Crippen molar-refractivity contribution in [3.05, 3.63) is 0 Å². The monoisotopic (exact) mass is 320 g/mol. The van der Waals surface area contributed by atoms with Crippen molar-refractivity contribution >= 4 is 11.8 Å². The van der Waals surface area contributed by atoms with Crippen LogP contribution in [-0.4, -0.2) is 70.8 Å². The first-order valence-electron chi connectivity index (χ1n) is 7.13. The van der Waals surface area contributed by atoms with Crippen LogP contribution < -0.4 is 10.6 Å². The number of carbonyl (C=O) groups is 2. The van der Waals surface area contributed by atoms with Crippen LogP contribution in [0.3, 0.4) is 0 Å². The summed E-state index contributed by atoms with van der Waals surface area (Å²) in [5, 5.41) is 42.5. The molecule has 8 heteroatoms. The minimum absolute atomic E-state index is 0.0649. The van der Waals surface area contributed by atoms with Crippen LogP contribution in [0.2, 0.25) is 0 Å². The summed E-state index contributed by atoms with van der Waals surface area (Å²) >= 11 is 0. The molecule has 0 aliphatic rings. The maximum absolute atomic E-state index is 11.7. The molecule has 6 N–H and O–H groups in total. The van der Waals surface area contributed by atoms with Gasteiger partial charge in [-0.2, -0.15) is 0 Å². The first kappa shape index (κ1) is 20.8. The molecule has 0 saturated heterocycles. The van der Waals surface area contributed by atoms with Gasteiger partial charge in [-0.1, -0.05) is 27.7 Å². The van der Waals surface area contributed by atoms with E-state index >= 15 is 0 Å². The van der Waals surface area contributed by atoms with Crippen LogP contribution in [0.5, 0.6) is 0 Å². The molecule has 0 radical (unpaired) electrons. The number of hydrogen-bond donors (Lipinski definition) is 6. The van der Waals surface area contributed by atoms with Gasteiger partial charge in [0.05, 0.1) is 13.2 Å². The molecule has 130 valence electrons. The number of amides is 2. The van der Waals surface area contributed by atoms with Crippen molar-refractivity contribution in [2.45, 2.75) is 39.9 Å². The fourth-order valence-corrected chi connectivity index (χ4v) is 1.45. The van der Waals surface area contributed by atoms with Crippen molar-refractivity contribution in [1.29, 1.82) is 0 Å². The van der Waals surface area contributed by atoms with E-state index in [2.05, 4.69) is 10.6 Å². The first-order chi connectivity index (χ1) is 9.99. The van der Waals surface area contributed by atoms with Gasteiger partial charge in [-0.15, -0.1) is 0 Å². The van der Waals surface area contributed by atoms with E-state index in [0.717, 1.165) is 0 Å². The summed E-state index contributed by atoms with van der Waals surface area (Å²) in [6.45, 7) is 5.63. The van der Waals surface area contributed by atoms with Gasteiger partial charge in [-0.3, -0.25) is 9.59 Å². The lowest BCUT2D eigenvalue weighted by atomic mass is 9.87. The zero-order valence-corrected chi connectivity index (χ0v) is 13.6. The Hall–Kier alpha value is -1.22. The average molecular weight is 320 g/mol. The molecule has 0 bridgehead atoms. The second kappa shape index (κ2) is 8.42. The number of nitrogens with one attached hydrogen (secondary N) is 2. The van der Waals surface area contributed by atoms with Crippen molar-refractivity contribution in [3.8, 4) is 0 Å². The Morgan fingerprint density at radius 2 is 1.09 bits per heavy atom. The maximum Gasteiger partial charge on any atom is 0.249 e. The van der Waals surface area contributed by atoms with Gasteiger partial charge in [0, 0.05) is 23.9 Å². The van der Waals surface area contributed by atoms with Crippen molar-refractivity contribution in [1.82, 2.24) is 10.6 Å². The van der Waals surface area contributed by atoms with Gasteiger partial charge in [0.2, 0.25) is 11.8 Å². The molecule has 0 fully saturated rings. The minimum Gasteiger partial charge on any atom is -0.396 e. The van der Waals surface area contributed by atoms with Crippen LogP contribution in [0.25, 0.3) is 0 Å². The van der Waals surface area contributed by atoms with Crippen LogP contribution in [0.1, 0.15) is 27.7 Å². The third-order valence-electron chi connectivity index (χ3n) is 3.52. The zero-order valence-electron chi connectivity index (χ0n) is 13.6. The summed E-state index contributed by atoms with van der Waals surface area (Å²) in [6.07, 6.45) is -2.74. The predicted octanol–water partition coefficient (Wildman–Crippen LogP) is -2.02. The SMILES string of the molecule is CC(C)(CO)C(O)C(=O)NCCNC(=O)[C@H](O)C(C)(C)CO. The normalized spacial score (nSPS) is 15.1. The highest BCUT2D eigenvalue weighted by Gasteiger charge is 2.34. The largest absolute Gasteiger partial charge is 0.396 e. The fraction of sp³-hybridized carbons (Fsp3) is 0.857. The molecular weight excluding hydrogens is 292 g/mol. The summed E-state index contributed by atoms with van der Waals surface area (Å²) in [6, 6.07) is 0. The highest BCUT2D eigenvalue weighted by molar-refractivity contribution is 5.82. The molecule has 0 aromatic heterocycles. The Morgan fingerprint density at radius 1 is 0.818 bits per heavy atom. The van der Waals surface area contributed by atoms with Gasteiger partial charge in [-0.25, -0.2) is 0 Å². The van der Waals surface area contributed by atoms with Gasteiger partial charge >= 0.3 is 0 Å². The molecule has 0 aliphatic heterocycles. The van der Waals surface area contributed by atoms with E-state index in [0.29, 0.717) is 0 Å². The smallest absolute Gasteiger partial charge is 0.249 e. The topological polar surface area (TPSA) is 139 Å².